The monoisotopic (exact) mass is 380 g/mol. The van der Waals surface area contributed by atoms with Crippen LogP contribution in [-0.4, -0.2) is 43.6 Å². The number of anilines is 1. The van der Waals surface area contributed by atoms with Crippen LogP contribution in [0.15, 0.2) is 54.2 Å². The minimum atomic E-state index is -0.362. The fourth-order valence-electron chi connectivity index (χ4n) is 3.04. The molecule has 0 bridgehead atoms. The molecule has 28 heavy (non-hydrogen) atoms. The maximum absolute atomic E-state index is 13.0. The van der Waals surface area contributed by atoms with Crippen LogP contribution in [0, 0.1) is 6.92 Å². The fourth-order valence-corrected chi connectivity index (χ4v) is 3.04. The molecular weight excluding hydrogens is 356 g/mol. The Kier molecular flexibility index (Phi) is 6.11. The average Bonchev–Trinajstić information content (AvgIpc) is 2.91. The van der Waals surface area contributed by atoms with E-state index in [1.54, 1.807) is 6.07 Å². The van der Waals surface area contributed by atoms with E-state index in [0.29, 0.717) is 29.2 Å². The van der Waals surface area contributed by atoms with Gasteiger partial charge in [-0.25, -0.2) is 0 Å². The van der Waals surface area contributed by atoms with Gasteiger partial charge in [-0.2, -0.15) is 0 Å². The van der Waals surface area contributed by atoms with Gasteiger partial charge in [0.2, 0.25) is 0 Å². The van der Waals surface area contributed by atoms with E-state index in [-0.39, 0.29) is 30.7 Å². The molecule has 0 unspecified atom stereocenters. The van der Waals surface area contributed by atoms with E-state index in [4.69, 9.17) is 9.47 Å². The molecule has 1 aliphatic heterocycles. The molecule has 1 aliphatic rings. The number of hydrogen-bond acceptors (Lipinski definition) is 5. The second-order valence-electron chi connectivity index (χ2n) is 6.46. The molecule has 0 spiro atoms. The first-order valence-corrected chi connectivity index (χ1v) is 9.21. The third-order valence-electron chi connectivity index (χ3n) is 4.44. The van der Waals surface area contributed by atoms with Gasteiger partial charge in [0.1, 0.15) is 11.4 Å². The lowest BCUT2D eigenvalue weighted by Crippen LogP contribution is -2.35. The van der Waals surface area contributed by atoms with Gasteiger partial charge in [-0.3, -0.25) is 14.5 Å². The number of rotatable bonds is 8. The van der Waals surface area contributed by atoms with Crippen LogP contribution in [0.4, 0.5) is 5.69 Å². The summed E-state index contributed by atoms with van der Waals surface area (Å²) in [6.07, 6.45) is 0. The Morgan fingerprint density at radius 3 is 2.46 bits per heavy atom. The summed E-state index contributed by atoms with van der Waals surface area (Å²) in [4.78, 5) is 27.2. The zero-order valence-electron chi connectivity index (χ0n) is 16.3. The molecule has 2 amide bonds. The van der Waals surface area contributed by atoms with Crippen molar-refractivity contribution in [3.05, 3.63) is 65.4 Å². The third-order valence-corrected chi connectivity index (χ3v) is 4.44. The summed E-state index contributed by atoms with van der Waals surface area (Å²) < 4.78 is 10.6. The highest BCUT2D eigenvalue weighted by atomic mass is 16.5. The largest absolute Gasteiger partial charge is 0.494 e. The number of carbonyl (C=O) groups excluding carboxylic acids is 2. The number of hydrogen-bond donors (Lipinski definition) is 1. The van der Waals surface area contributed by atoms with Gasteiger partial charge >= 0.3 is 0 Å². The normalized spacial score (nSPS) is 14.0. The minimum Gasteiger partial charge on any atom is -0.494 e. The number of carbonyl (C=O) groups is 2. The number of imide groups is 1. The topological polar surface area (TPSA) is 67.9 Å². The molecule has 1 heterocycles. The van der Waals surface area contributed by atoms with Crippen molar-refractivity contribution in [1.82, 2.24) is 4.90 Å². The number of nitrogens with one attached hydrogen (secondary N) is 1. The van der Waals surface area contributed by atoms with Crippen LogP contribution in [0.25, 0.3) is 5.57 Å². The van der Waals surface area contributed by atoms with Crippen LogP contribution in [0.3, 0.4) is 0 Å². The van der Waals surface area contributed by atoms with Crippen molar-refractivity contribution < 1.29 is 19.1 Å². The summed E-state index contributed by atoms with van der Waals surface area (Å²) in [5.41, 5.74) is 3.09. The highest BCUT2D eigenvalue weighted by Crippen LogP contribution is 2.31. The quantitative estimate of drug-likeness (QED) is 0.712. The molecule has 2 aromatic rings. The number of ether oxygens (including phenoxy) is 2. The Hall–Kier alpha value is -3.12. The van der Waals surface area contributed by atoms with E-state index in [0.717, 1.165) is 5.56 Å². The number of aryl methyl sites for hydroxylation is 1. The number of amides is 2. The van der Waals surface area contributed by atoms with Crippen LogP contribution in [0.1, 0.15) is 18.1 Å². The van der Waals surface area contributed by atoms with Gasteiger partial charge in [-0.1, -0.05) is 35.9 Å². The van der Waals surface area contributed by atoms with E-state index in [9.17, 15) is 9.59 Å². The average molecular weight is 380 g/mol. The molecule has 0 radical (unpaired) electrons. The molecule has 2 aromatic carbocycles. The fraction of sp³-hybridized carbons (Fsp3) is 0.273. The van der Waals surface area contributed by atoms with Crippen molar-refractivity contribution in [3.8, 4) is 5.75 Å². The Morgan fingerprint density at radius 2 is 1.79 bits per heavy atom. The van der Waals surface area contributed by atoms with Gasteiger partial charge in [-0.05, 0) is 31.5 Å². The summed E-state index contributed by atoms with van der Waals surface area (Å²) in [6.45, 7) is 4.91. The number of nitrogens with zero attached hydrogens (tertiary/aromatic N) is 1. The standard InChI is InChI=1S/C22H24N2O4/c1-4-28-18-7-5-6-17(14-18)23-20-19(16-10-8-15(2)9-11-16)21(25)24(22(20)26)12-13-27-3/h5-11,14,23H,4,12-13H2,1-3H3. The van der Waals surface area contributed by atoms with Crippen LogP contribution in [0.2, 0.25) is 0 Å². The molecule has 0 aromatic heterocycles. The van der Waals surface area contributed by atoms with Gasteiger partial charge in [0.05, 0.1) is 25.3 Å². The maximum atomic E-state index is 13.0. The van der Waals surface area contributed by atoms with Gasteiger partial charge in [0.25, 0.3) is 11.8 Å². The molecule has 0 fully saturated rings. The molecular formula is C22H24N2O4. The lowest BCUT2D eigenvalue weighted by molar-refractivity contribution is -0.137. The lowest BCUT2D eigenvalue weighted by atomic mass is 10.0. The zero-order chi connectivity index (χ0) is 20.1. The Balaban J connectivity index is 2.00. The van der Waals surface area contributed by atoms with Crippen molar-refractivity contribution in [1.29, 1.82) is 0 Å². The predicted molar refractivity (Wildman–Crippen MR) is 108 cm³/mol. The molecule has 0 atom stereocenters. The molecule has 146 valence electrons. The third kappa shape index (κ3) is 4.07. The van der Waals surface area contributed by atoms with E-state index in [1.807, 2.05) is 56.3 Å². The van der Waals surface area contributed by atoms with Crippen molar-refractivity contribution in [2.75, 3.05) is 32.2 Å². The molecule has 0 aliphatic carbocycles. The Labute approximate surface area is 164 Å². The molecule has 0 saturated heterocycles. The summed E-state index contributed by atoms with van der Waals surface area (Å²) in [5, 5.41) is 3.14. The van der Waals surface area contributed by atoms with Gasteiger partial charge in [-0.15, -0.1) is 0 Å². The smallest absolute Gasteiger partial charge is 0.278 e. The lowest BCUT2D eigenvalue weighted by Gasteiger charge is -2.14. The SMILES string of the molecule is CCOc1cccc(NC2=C(c3ccc(C)cc3)C(=O)N(CCOC)C2=O)c1. The Morgan fingerprint density at radius 1 is 1.04 bits per heavy atom. The maximum Gasteiger partial charge on any atom is 0.278 e. The van der Waals surface area contributed by atoms with E-state index >= 15 is 0 Å². The second-order valence-corrected chi connectivity index (χ2v) is 6.46. The van der Waals surface area contributed by atoms with Crippen LogP contribution in [-0.2, 0) is 14.3 Å². The van der Waals surface area contributed by atoms with Crippen LogP contribution >= 0.6 is 0 Å². The van der Waals surface area contributed by atoms with Gasteiger partial charge in [0.15, 0.2) is 0 Å². The minimum absolute atomic E-state index is 0.202. The Bertz CT molecular complexity index is 903. The van der Waals surface area contributed by atoms with Gasteiger partial charge < -0.3 is 14.8 Å². The second kappa shape index (κ2) is 8.71. The number of benzene rings is 2. The summed E-state index contributed by atoms with van der Waals surface area (Å²) in [7, 11) is 1.54. The van der Waals surface area contributed by atoms with E-state index in [2.05, 4.69) is 5.32 Å². The number of methoxy groups -OCH3 is 1. The molecule has 6 nitrogen and oxygen atoms in total. The molecule has 3 rings (SSSR count). The highest BCUT2D eigenvalue weighted by molar-refractivity contribution is 6.36. The first-order valence-electron chi connectivity index (χ1n) is 9.21. The van der Waals surface area contributed by atoms with Crippen molar-refractivity contribution in [2.45, 2.75) is 13.8 Å². The first kappa shape index (κ1) is 19.6. The van der Waals surface area contributed by atoms with Crippen molar-refractivity contribution in [3.63, 3.8) is 0 Å². The van der Waals surface area contributed by atoms with Crippen molar-refractivity contribution in [2.24, 2.45) is 0 Å². The highest BCUT2D eigenvalue weighted by Gasteiger charge is 2.38. The zero-order valence-corrected chi connectivity index (χ0v) is 16.3. The summed E-state index contributed by atoms with van der Waals surface area (Å²) in [5.74, 6) is 0.00630. The summed E-state index contributed by atoms with van der Waals surface area (Å²) in [6, 6.07) is 14.9. The predicted octanol–water partition coefficient (Wildman–Crippen LogP) is 3.23. The van der Waals surface area contributed by atoms with Gasteiger partial charge in [0, 0.05) is 18.9 Å². The molecule has 1 N–H and O–H groups in total. The van der Waals surface area contributed by atoms with Crippen LogP contribution in [0.5, 0.6) is 5.75 Å². The molecule has 6 heteroatoms. The first-order chi connectivity index (χ1) is 13.5. The van der Waals surface area contributed by atoms with E-state index < -0.39 is 0 Å². The summed E-state index contributed by atoms with van der Waals surface area (Å²) >= 11 is 0. The molecule has 0 saturated carbocycles. The van der Waals surface area contributed by atoms with Crippen molar-refractivity contribution >= 4 is 23.1 Å². The van der Waals surface area contributed by atoms with E-state index in [1.165, 1.54) is 12.0 Å². The van der Waals surface area contributed by atoms with Crippen LogP contribution < -0.4 is 10.1 Å².